The van der Waals surface area contributed by atoms with E-state index >= 15 is 0 Å². The molecule has 1 aromatic carbocycles. The van der Waals surface area contributed by atoms with Crippen molar-refractivity contribution in [3.63, 3.8) is 0 Å². The smallest absolute Gasteiger partial charge is 0.308 e. The van der Waals surface area contributed by atoms with Gasteiger partial charge in [0.15, 0.2) is 0 Å². The predicted molar refractivity (Wildman–Crippen MR) is 111 cm³/mol. The Kier molecular flexibility index (Phi) is 7.32. The summed E-state index contributed by atoms with van der Waals surface area (Å²) >= 11 is 0. The summed E-state index contributed by atoms with van der Waals surface area (Å²) in [4.78, 5) is 50.3. The standard InChI is InChI=1S/C22H28FN3O6/c1-31-15-4-3-14(16(23)11-15)13-22(7-5-18(27)25-22)8-6-19(28)26-10-9-24-21(30)17(26)12-20(29)32-2/h3-4,11,17H,5-10,12-13H2,1-2H3,(H,24,30)(H,25,27)/t17-,22-/m1/s1. The summed E-state index contributed by atoms with van der Waals surface area (Å²) < 4.78 is 24.2. The highest BCUT2D eigenvalue weighted by atomic mass is 19.1. The summed E-state index contributed by atoms with van der Waals surface area (Å²) in [5.74, 6) is -1.48. The van der Waals surface area contributed by atoms with E-state index in [0.717, 1.165) is 0 Å². The zero-order valence-electron chi connectivity index (χ0n) is 18.2. The first kappa shape index (κ1) is 23.5. The molecule has 0 unspecified atom stereocenters. The molecule has 32 heavy (non-hydrogen) atoms. The molecule has 1 aromatic rings. The molecule has 2 heterocycles. The van der Waals surface area contributed by atoms with Gasteiger partial charge in [0.1, 0.15) is 17.6 Å². The number of carbonyl (C=O) groups excluding carboxylic acids is 4. The van der Waals surface area contributed by atoms with Gasteiger partial charge < -0.3 is 25.0 Å². The third kappa shape index (κ3) is 5.35. The number of halogens is 1. The first-order chi connectivity index (χ1) is 15.3. The molecule has 2 aliphatic heterocycles. The maximum Gasteiger partial charge on any atom is 0.308 e. The van der Waals surface area contributed by atoms with Gasteiger partial charge in [-0.3, -0.25) is 19.2 Å². The van der Waals surface area contributed by atoms with Gasteiger partial charge in [-0.2, -0.15) is 0 Å². The van der Waals surface area contributed by atoms with Gasteiger partial charge in [-0.25, -0.2) is 4.39 Å². The minimum absolute atomic E-state index is 0.0446. The lowest BCUT2D eigenvalue weighted by molar-refractivity contribution is -0.150. The fraction of sp³-hybridized carbons (Fsp3) is 0.545. The number of hydrogen-bond acceptors (Lipinski definition) is 6. The molecule has 2 atom stereocenters. The van der Waals surface area contributed by atoms with Crippen LogP contribution in [0.3, 0.4) is 0 Å². The van der Waals surface area contributed by atoms with Gasteiger partial charge in [-0.1, -0.05) is 6.07 Å². The molecule has 0 aliphatic carbocycles. The highest BCUT2D eigenvalue weighted by Crippen LogP contribution is 2.32. The summed E-state index contributed by atoms with van der Waals surface area (Å²) in [5.41, 5.74) is -0.348. The van der Waals surface area contributed by atoms with Crippen LogP contribution in [0.2, 0.25) is 0 Å². The van der Waals surface area contributed by atoms with Crippen LogP contribution < -0.4 is 15.4 Å². The van der Waals surface area contributed by atoms with Gasteiger partial charge in [-0.05, 0) is 30.9 Å². The van der Waals surface area contributed by atoms with Crippen molar-refractivity contribution < 1.29 is 33.0 Å². The van der Waals surface area contributed by atoms with Gasteiger partial charge in [0.05, 0.1) is 20.6 Å². The molecule has 2 aliphatic rings. The van der Waals surface area contributed by atoms with Gasteiger partial charge in [-0.15, -0.1) is 0 Å². The molecule has 2 saturated heterocycles. The number of benzene rings is 1. The molecular weight excluding hydrogens is 421 g/mol. The van der Waals surface area contributed by atoms with E-state index in [9.17, 15) is 23.6 Å². The Morgan fingerprint density at radius 3 is 2.69 bits per heavy atom. The van der Waals surface area contributed by atoms with Crippen LogP contribution in [0.4, 0.5) is 4.39 Å². The third-order valence-corrected chi connectivity index (χ3v) is 6.08. The lowest BCUT2D eigenvalue weighted by atomic mass is 9.84. The van der Waals surface area contributed by atoms with Crippen LogP contribution in [0.15, 0.2) is 18.2 Å². The summed E-state index contributed by atoms with van der Waals surface area (Å²) in [5, 5.41) is 5.59. The quantitative estimate of drug-likeness (QED) is 0.565. The number of nitrogens with one attached hydrogen (secondary N) is 2. The molecule has 0 bridgehead atoms. The van der Waals surface area contributed by atoms with E-state index in [4.69, 9.17) is 4.74 Å². The maximum absolute atomic E-state index is 14.5. The first-order valence-electron chi connectivity index (χ1n) is 10.5. The van der Waals surface area contributed by atoms with E-state index in [-0.39, 0.29) is 44.0 Å². The Balaban J connectivity index is 1.72. The van der Waals surface area contributed by atoms with Crippen molar-refractivity contribution in [1.82, 2.24) is 15.5 Å². The second kappa shape index (κ2) is 9.97. The number of rotatable bonds is 8. The minimum Gasteiger partial charge on any atom is -0.497 e. The van der Waals surface area contributed by atoms with E-state index in [1.807, 2.05) is 0 Å². The first-order valence-corrected chi connectivity index (χ1v) is 10.5. The van der Waals surface area contributed by atoms with Crippen molar-refractivity contribution in [2.45, 2.75) is 50.1 Å². The maximum atomic E-state index is 14.5. The summed E-state index contributed by atoms with van der Waals surface area (Å²) in [7, 11) is 2.67. The Morgan fingerprint density at radius 1 is 1.28 bits per heavy atom. The molecular formula is C22H28FN3O6. The largest absolute Gasteiger partial charge is 0.497 e. The summed E-state index contributed by atoms with van der Waals surface area (Å²) in [6, 6.07) is 3.62. The van der Waals surface area contributed by atoms with Gasteiger partial charge in [0, 0.05) is 37.5 Å². The SMILES string of the molecule is COC(=O)C[C@@H]1C(=O)NCCN1C(=O)CC[C@@]1(Cc2ccc(OC)cc2F)CCC(=O)N1. The van der Waals surface area contributed by atoms with Gasteiger partial charge in [0.2, 0.25) is 17.7 Å². The molecule has 2 fully saturated rings. The summed E-state index contributed by atoms with van der Waals surface area (Å²) in [6.07, 6.45) is 1.09. The zero-order chi connectivity index (χ0) is 23.3. The van der Waals surface area contributed by atoms with Crippen molar-refractivity contribution in [3.05, 3.63) is 29.6 Å². The number of nitrogens with zero attached hydrogens (tertiary/aromatic N) is 1. The number of esters is 1. The zero-order valence-corrected chi connectivity index (χ0v) is 18.2. The van der Waals surface area contributed by atoms with E-state index in [0.29, 0.717) is 30.7 Å². The minimum atomic E-state index is -0.933. The molecule has 0 aromatic heterocycles. The normalized spacial score (nSPS) is 22.8. The van der Waals surface area contributed by atoms with Crippen LogP contribution in [0, 0.1) is 5.82 Å². The number of amides is 3. The fourth-order valence-electron chi connectivity index (χ4n) is 4.29. The van der Waals surface area contributed by atoms with Crippen molar-refractivity contribution >= 4 is 23.7 Å². The van der Waals surface area contributed by atoms with E-state index in [2.05, 4.69) is 15.4 Å². The van der Waals surface area contributed by atoms with E-state index < -0.39 is 29.3 Å². The lowest BCUT2D eigenvalue weighted by Crippen LogP contribution is -2.58. The monoisotopic (exact) mass is 449 g/mol. The van der Waals surface area contributed by atoms with E-state index in [1.54, 1.807) is 12.1 Å². The number of ether oxygens (including phenoxy) is 2. The van der Waals surface area contributed by atoms with Crippen LogP contribution in [0.1, 0.15) is 37.7 Å². The molecule has 0 saturated carbocycles. The van der Waals surface area contributed by atoms with Crippen LogP contribution in [-0.2, 0) is 30.3 Å². The average molecular weight is 449 g/mol. The van der Waals surface area contributed by atoms with Crippen molar-refractivity contribution in [2.24, 2.45) is 0 Å². The molecule has 0 spiro atoms. The summed E-state index contributed by atoms with van der Waals surface area (Å²) in [6.45, 7) is 0.569. The third-order valence-electron chi connectivity index (χ3n) is 6.08. The second-order valence-corrected chi connectivity index (χ2v) is 8.14. The number of carbonyl (C=O) groups is 4. The Morgan fingerprint density at radius 2 is 2.06 bits per heavy atom. The molecule has 2 N–H and O–H groups in total. The molecule has 3 rings (SSSR count). The number of hydrogen-bond donors (Lipinski definition) is 2. The van der Waals surface area contributed by atoms with Gasteiger partial charge in [0.25, 0.3) is 0 Å². The Labute approximate surface area is 185 Å². The van der Waals surface area contributed by atoms with Crippen LogP contribution in [0.25, 0.3) is 0 Å². The Hall–Kier alpha value is -3.17. The second-order valence-electron chi connectivity index (χ2n) is 8.14. The number of methoxy groups -OCH3 is 2. The fourth-order valence-corrected chi connectivity index (χ4v) is 4.29. The van der Waals surface area contributed by atoms with Crippen LogP contribution >= 0.6 is 0 Å². The predicted octanol–water partition coefficient (Wildman–Crippen LogP) is 0.696. The highest BCUT2D eigenvalue weighted by Gasteiger charge is 2.40. The molecule has 9 nitrogen and oxygen atoms in total. The van der Waals surface area contributed by atoms with Crippen LogP contribution in [-0.4, -0.2) is 67.5 Å². The molecule has 3 amide bonds. The average Bonchev–Trinajstić information content (AvgIpc) is 3.15. The highest BCUT2D eigenvalue weighted by molar-refractivity contribution is 5.92. The van der Waals surface area contributed by atoms with Crippen molar-refractivity contribution in [2.75, 3.05) is 27.3 Å². The van der Waals surface area contributed by atoms with Crippen molar-refractivity contribution in [1.29, 1.82) is 0 Å². The Bertz CT molecular complexity index is 908. The van der Waals surface area contributed by atoms with Crippen molar-refractivity contribution in [3.8, 4) is 5.75 Å². The van der Waals surface area contributed by atoms with Gasteiger partial charge >= 0.3 is 5.97 Å². The molecule has 0 radical (unpaired) electrons. The lowest BCUT2D eigenvalue weighted by Gasteiger charge is -2.36. The molecule has 174 valence electrons. The topological polar surface area (TPSA) is 114 Å². The molecule has 10 heteroatoms. The van der Waals surface area contributed by atoms with E-state index in [1.165, 1.54) is 25.2 Å². The van der Waals surface area contributed by atoms with Crippen LogP contribution in [0.5, 0.6) is 5.75 Å². The number of piperazine rings is 1.